The molecule has 140 valence electrons. The summed E-state index contributed by atoms with van der Waals surface area (Å²) >= 11 is 3.20. The molecule has 8 heteroatoms. The Morgan fingerprint density at radius 2 is 2.12 bits per heavy atom. The monoisotopic (exact) mass is 423 g/mol. The van der Waals surface area contributed by atoms with E-state index in [1.54, 1.807) is 18.4 Å². The summed E-state index contributed by atoms with van der Waals surface area (Å²) in [6, 6.07) is 7.14. The van der Waals surface area contributed by atoms with Crippen LogP contribution in [0.3, 0.4) is 0 Å². The summed E-state index contributed by atoms with van der Waals surface area (Å²) in [6.45, 7) is 7.70. The van der Waals surface area contributed by atoms with Crippen molar-refractivity contribution in [2.24, 2.45) is 4.99 Å². The number of aliphatic imine (C=N–C) groups is 1. The fourth-order valence-corrected chi connectivity index (χ4v) is 3.16. The van der Waals surface area contributed by atoms with Gasteiger partial charge in [0.05, 0.1) is 11.0 Å². The van der Waals surface area contributed by atoms with Crippen molar-refractivity contribution in [1.29, 1.82) is 0 Å². The van der Waals surface area contributed by atoms with Crippen molar-refractivity contribution in [2.45, 2.75) is 20.0 Å². The molecule has 0 spiro atoms. The third-order valence-electron chi connectivity index (χ3n) is 4.28. The van der Waals surface area contributed by atoms with Gasteiger partial charge in [0.1, 0.15) is 17.8 Å². The van der Waals surface area contributed by atoms with Crippen LogP contribution in [0.5, 0.6) is 0 Å². The third-order valence-corrected chi connectivity index (χ3v) is 4.92. The third kappa shape index (κ3) is 5.04. The van der Waals surface area contributed by atoms with Crippen LogP contribution in [0.15, 0.2) is 44.5 Å². The smallest absolute Gasteiger partial charge is 0.194 e. The SMILES string of the molecule is CCNC(=NCc1ccon1)N1CCN(Cc2ccc(Br)c(F)c2)CC1. The molecule has 2 heterocycles. The topological polar surface area (TPSA) is 56.9 Å². The number of halogens is 2. The average molecular weight is 424 g/mol. The second-order valence-electron chi connectivity index (χ2n) is 6.17. The predicted octanol–water partition coefficient (Wildman–Crippen LogP) is 2.86. The van der Waals surface area contributed by atoms with E-state index in [-0.39, 0.29) is 5.82 Å². The van der Waals surface area contributed by atoms with Crippen LogP contribution in [0.25, 0.3) is 0 Å². The molecule has 0 bridgehead atoms. The summed E-state index contributed by atoms with van der Waals surface area (Å²) in [4.78, 5) is 9.23. The molecular weight excluding hydrogens is 401 g/mol. The molecule has 0 saturated carbocycles. The van der Waals surface area contributed by atoms with Gasteiger partial charge in [-0.25, -0.2) is 9.38 Å². The normalized spacial score (nSPS) is 16.1. The van der Waals surface area contributed by atoms with Crippen molar-refractivity contribution in [1.82, 2.24) is 20.3 Å². The molecule has 3 rings (SSSR count). The number of nitrogens with zero attached hydrogens (tertiary/aromatic N) is 4. The van der Waals surface area contributed by atoms with Crippen molar-refractivity contribution in [2.75, 3.05) is 32.7 Å². The zero-order chi connectivity index (χ0) is 18.4. The van der Waals surface area contributed by atoms with Crippen molar-refractivity contribution >= 4 is 21.9 Å². The lowest BCUT2D eigenvalue weighted by Crippen LogP contribution is -2.52. The van der Waals surface area contributed by atoms with Gasteiger partial charge in [0.15, 0.2) is 5.96 Å². The summed E-state index contributed by atoms with van der Waals surface area (Å²) in [6.07, 6.45) is 1.56. The van der Waals surface area contributed by atoms with Gasteiger partial charge < -0.3 is 14.7 Å². The Hall–Kier alpha value is -1.93. The minimum absolute atomic E-state index is 0.212. The van der Waals surface area contributed by atoms with Crippen LogP contribution in [0.4, 0.5) is 4.39 Å². The molecule has 0 atom stereocenters. The highest BCUT2D eigenvalue weighted by molar-refractivity contribution is 9.10. The first-order valence-electron chi connectivity index (χ1n) is 8.74. The Bertz CT molecular complexity index is 729. The van der Waals surface area contributed by atoms with Crippen LogP contribution in [0.2, 0.25) is 0 Å². The van der Waals surface area contributed by atoms with Gasteiger partial charge in [0.25, 0.3) is 0 Å². The van der Waals surface area contributed by atoms with Crippen LogP contribution < -0.4 is 5.32 Å². The number of nitrogens with one attached hydrogen (secondary N) is 1. The number of guanidine groups is 1. The van der Waals surface area contributed by atoms with Gasteiger partial charge in [-0.2, -0.15) is 0 Å². The fraction of sp³-hybridized carbons (Fsp3) is 0.444. The first-order valence-corrected chi connectivity index (χ1v) is 9.54. The minimum atomic E-state index is -0.212. The molecule has 1 aromatic heterocycles. The fourth-order valence-electron chi connectivity index (χ4n) is 2.91. The molecule has 6 nitrogen and oxygen atoms in total. The van der Waals surface area contributed by atoms with Gasteiger partial charge in [-0.15, -0.1) is 0 Å². The van der Waals surface area contributed by atoms with Gasteiger partial charge in [0.2, 0.25) is 0 Å². The summed E-state index contributed by atoms with van der Waals surface area (Å²) in [5, 5.41) is 7.23. The van der Waals surface area contributed by atoms with Gasteiger partial charge in [-0.05, 0) is 40.5 Å². The van der Waals surface area contributed by atoms with E-state index in [4.69, 9.17) is 4.52 Å². The lowest BCUT2D eigenvalue weighted by molar-refractivity contribution is 0.172. The van der Waals surface area contributed by atoms with Crippen molar-refractivity contribution in [3.8, 4) is 0 Å². The molecule has 0 aliphatic carbocycles. The Morgan fingerprint density at radius 1 is 1.31 bits per heavy atom. The number of hydrogen-bond acceptors (Lipinski definition) is 4. The molecule has 1 saturated heterocycles. The molecule has 0 amide bonds. The van der Waals surface area contributed by atoms with Gasteiger partial charge in [0, 0.05) is 45.3 Å². The number of piperazine rings is 1. The van der Waals surface area contributed by atoms with E-state index in [0.29, 0.717) is 11.0 Å². The molecule has 1 aliphatic heterocycles. The second-order valence-corrected chi connectivity index (χ2v) is 7.03. The molecule has 1 fully saturated rings. The maximum Gasteiger partial charge on any atom is 0.194 e. The van der Waals surface area contributed by atoms with Crippen LogP contribution in [-0.4, -0.2) is 53.6 Å². The highest BCUT2D eigenvalue weighted by Crippen LogP contribution is 2.18. The zero-order valence-corrected chi connectivity index (χ0v) is 16.4. The van der Waals surface area contributed by atoms with Crippen LogP contribution in [0, 0.1) is 5.82 Å². The first-order chi connectivity index (χ1) is 12.7. The Balaban J connectivity index is 1.55. The van der Waals surface area contributed by atoms with E-state index >= 15 is 0 Å². The van der Waals surface area contributed by atoms with Gasteiger partial charge >= 0.3 is 0 Å². The summed E-state index contributed by atoms with van der Waals surface area (Å²) in [7, 11) is 0. The molecule has 1 N–H and O–H groups in total. The van der Waals surface area contributed by atoms with Crippen molar-refractivity contribution < 1.29 is 8.91 Å². The molecular formula is C18H23BrFN5O. The predicted molar refractivity (Wildman–Crippen MR) is 102 cm³/mol. The Labute approximate surface area is 161 Å². The van der Waals surface area contributed by atoms with E-state index in [0.717, 1.165) is 56.5 Å². The highest BCUT2D eigenvalue weighted by atomic mass is 79.9. The zero-order valence-electron chi connectivity index (χ0n) is 14.8. The molecule has 26 heavy (non-hydrogen) atoms. The highest BCUT2D eigenvalue weighted by Gasteiger charge is 2.20. The number of hydrogen-bond donors (Lipinski definition) is 1. The van der Waals surface area contributed by atoms with E-state index in [2.05, 4.69) is 48.1 Å². The van der Waals surface area contributed by atoms with Crippen LogP contribution in [0.1, 0.15) is 18.2 Å². The van der Waals surface area contributed by atoms with E-state index < -0.39 is 0 Å². The van der Waals surface area contributed by atoms with Crippen LogP contribution >= 0.6 is 15.9 Å². The number of aromatic nitrogens is 1. The maximum absolute atomic E-state index is 13.7. The molecule has 0 radical (unpaired) electrons. The van der Waals surface area contributed by atoms with Gasteiger partial charge in [-0.3, -0.25) is 4.90 Å². The lowest BCUT2D eigenvalue weighted by atomic mass is 10.2. The second kappa shape index (κ2) is 9.14. The maximum atomic E-state index is 13.7. The van der Waals surface area contributed by atoms with E-state index in [1.807, 2.05) is 12.1 Å². The summed E-state index contributed by atoms with van der Waals surface area (Å²) in [5.41, 5.74) is 1.81. The van der Waals surface area contributed by atoms with Gasteiger partial charge in [-0.1, -0.05) is 11.2 Å². The van der Waals surface area contributed by atoms with Crippen LogP contribution in [-0.2, 0) is 13.1 Å². The van der Waals surface area contributed by atoms with Crippen molar-refractivity contribution in [3.05, 3.63) is 52.1 Å². The quantitative estimate of drug-likeness (QED) is 0.591. The molecule has 1 aliphatic rings. The molecule has 1 aromatic carbocycles. The van der Waals surface area contributed by atoms with E-state index in [9.17, 15) is 4.39 Å². The largest absolute Gasteiger partial charge is 0.364 e. The van der Waals surface area contributed by atoms with E-state index in [1.165, 1.54) is 0 Å². The minimum Gasteiger partial charge on any atom is -0.364 e. The Kier molecular flexibility index (Phi) is 6.62. The Morgan fingerprint density at radius 3 is 2.77 bits per heavy atom. The number of benzene rings is 1. The first kappa shape index (κ1) is 18.8. The lowest BCUT2D eigenvalue weighted by Gasteiger charge is -2.36. The van der Waals surface area contributed by atoms with Crippen molar-refractivity contribution in [3.63, 3.8) is 0 Å². The molecule has 2 aromatic rings. The summed E-state index contributed by atoms with van der Waals surface area (Å²) < 4.78 is 19.0. The summed E-state index contributed by atoms with van der Waals surface area (Å²) in [5.74, 6) is 0.681. The molecule has 0 unspecified atom stereocenters. The average Bonchev–Trinajstić information content (AvgIpc) is 3.16. The standard InChI is InChI=1S/C18H23BrFN5O/c1-2-21-18(22-12-15-5-10-26-23-15)25-8-6-24(7-9-25)13-14-3-4-16(19)17(20)11-14/h3-5,10-11H,2,6-9,12-13H2,1H3,(H,21,22). The number of rotatable bonds is 5.